The Hall–Kier alpha value is -3.52. The minimum absolute atomic E-state index is 0.138. The first-order valence-corrected chi connectivity index (χ1v) is 12.0. The highest BCUT2D eigenvalue weighted by Crippen LogP contribution is 2.31. The van der Waals surface area contributed by atoms with E-state index in [-0.39, 0.29) is 11.4 Å². The second-order valence-corrected chi connectivity index (χ2v) is 9.43. The van der Waals surface area contributed by atoms with Crippen LogP contribution < -0.4 is 9.47 Å². The summed E-state index contributed by atoms with van der Waals surface area (Å²) in [4.78, 5) is 11.5. The molecule has 4 rings (SSSR count). The smallest absolute Gasteiger partial charge is 0.323 e. The molecule has 3 aromatic carbocycles. The third kappa shape index (κ3) is 4.55. The van der Waals surface area contributed by atoms with Crippen molar-refractivity contribution in [3.8, 4) is 11.5 Å². The summed E-state index contributed by atoms with van der Waals surface area (Å²) in [6.07, 6.45) is 1.70. The van der Waals surface area contributed by atoms with E-state index in [0.29, 0.717) is 31.1 Å². The molecule has 0 aliphatic carbocycles. The fraction of sp³-hybridized carbons (Fsp3) is 0.208. The minimum Gasteiger partial charge on any atom is -0.493 e. The minimum atomic E-state index is -3.36. The Balaban J connectivity index is 1.45. The molecule has 1 aromatic heterocycles. The van der Waals surface area contributed by atoms with Gasteiger partial charge < -0.3 is 19.1 Å². The predicted octanol–water partition coefficient (Wildman–Crippen LogP) is 4.13. The van der Waals surface area contributed by atoms with Gasteiger partial charge in [-0.25, -0.2) is 8.42 Å². The maximum atomic E-state index is 11.9. The fourth-order valence-electron chi connectivity index (χ4n) is 3.73. The Labute approximate surface area is 185 Å². The van der Waals surface area contributed by atoms with Crippen LogP contribution in [0.1, 0.15) is 6.42 Å². The van der Waals surface area contributed by atoms with E-state index >= 15 is 0 Å². The Kier molecular flexibility index (Phi) is 6.05. The molecule has 0 radical (unpaired) electrons. The molecule has 0 bridgehead atoms. The lowest BCUT2D eigenvalue weighted by molar-refractivity contribution is -0.137. The highest BCUT2D eigenvalue weighted by Gasteiger charge is 2.14. The van der Waals surface area contributed by atoms with Gasteiger partial charge in [-0.2, -0.15) is 0 Å². The maximum absolute atomic E-state index is 11.9. The van der Waals surface area contributed by atoms with Crippen LogP contribution in [-0.4, -0.2) is 43.5 Å². The monoisotopic (exact) mass is 453 g/mol. The Morgan fingerprint density at radius 2 is 1.59 bits per heavy atom. The molecule has 0 spiro atoms. The standard InChI is InChI=1S/C24H23NO6S/c1-32(28,29)23-10-5-4-9-22(23)31-14-6-13-30-17-11-12-19-18-7-2-3-8-20(18)25(16-24(26)27)21(19)15-17/h2-5,7-12,15H,6,13-14,16H2,1H3,(H,26,27). The molecule has 4 aromatic rings. The number of hydrogen-bond donors (Lipinski definition) is 1. The van der Waals surface area contributed by atoms with E-state index < -0.39 is 15.8 Å². The van der Waals surface area contributed by atoms with Gasteiger partial charge in [-0.15, -0.1) is 0 Å². The third-order valence-electron chi connectivity index (χ3n) is 5.10. The van der Waals surface area contributed by atoms with E-state index in [1.165, 1.54) is 6.07 Å². The molecule has 1 N–H and O–H groups in total. The normalized spacial score (nSPS) is 11.7. The zero-order chi connectivity index (χ0) is 22.7. The van der Waals surface area contributed by atoms with Crippen LogP contribution in [0.25, 0.3) is 21.8 Å². The van der Waals surface area contributed by atoms with Crippen LogP contribution in [0.2, 0.25) is 0 Å². The number of benzene rings is 3. The summed E-state index contributed by atoms with van der Waals surface area (Å²) in [6.45, 7) is 0.529. The van der Waals surface area contributed by atoms with Gasteiger partial charge in [0.25, 0.3) is 0 Å². The van der Waals surface area contributed by atoms with E-state index in [0.717, 1.165) is 28.1 Å². The second kappa shape index (κ2) is 8.92. The zero-order valence-corrected chi connectivity index (χ0v) is 18.3. The third-order valence-corrected chi connectivity index (χ3v) is 6.24. The van der Waals surface area contributed by atoms with E-state index in [1.807, 2.05) is 42.5 Å². The summed E-state index contributed by atoms with van der Waals surface area (Å²) >= 11 is 0. The van der Waals surface area contributed by atoms with Gasteiger partial charge in [-0.3, -0.25) is 4.79 Å². The number of hydrogen-bond acceptors (Lipinski definition) is 5. The Morgan fingerprint density at radius 3 is 2.38 bits per heavy atom. The molecule has 0 aliphatic rings. The van der Waals surface area contributed by atoms with Gasteiger partial charge in [0.15, 0.2) is 9.84 Å². The van der Waals surface area contributed by atoms with E-state index in [2.05, 4.69) is 0 Å². The molecule has 0 saturated heterocycles. The average Bonchev–Trinajstić information content (AvgIpc) is 3.06. The summed E-state index contributed by atoms with van der Waals surface area (Å²) in [5.74, 6) is 0.0450. The van der Waals surface area contributed by atoms with Crippen LogP contribution in [0.5, 0.6) is 11.5 Å². The average molecular weight is 454 g/mol. The number of aliphatic carboxylic acids is 1. The molecule has 0 saturated carbocycles. The van der Waals surface area contributed by atoms with Gasteiger partial charge in [-0.05, 0) is 30.3 Å². The molecule has 8 heteroatoms. The van der Waals surface area contributed by atoms with Gasteiger partial charge in [-0.1, -0.05) is 30.3 Å². The van der Waals surface area contributed by atoms with E-state index in [4.69, 9.17) is 9.47 Å². The summed E-state index contributed by atoms with van der Waals surface area (Å²) in [5, 5.41) is 11.3. The van der Waals surface area contributed by atoms with Crippen molar-refractivity contribution in [2.45, 2.75) is 17.9 Å². The van der Waals surface area contributed by atoms with Crippen LogP contribution in [0.3, 0.4) is 0 Å². The van der Waals surface area contributed by atoms with Crippen molar-refractivity contribution < 1.29 is 27.8 Å². The Morgan fingerprint density at radius 1 is 0.906 bits per heavy atom. The number of carboxylic acid groups (broad SMARTS) is 1. The van der Waals surface area contributed by atoms with Gasteiger partial charge in [0.1, 0.15) is 22.9 Å². The van der Waals surface area contributed by atoms with Crippen LogP contribution in [0, 0.1) is 0 Å². The number of fused-ring (bicyclic) bond motifs is 3. The molecule has 32 heavy (non-hydrogen) atoms. The Bertz CT molecular complexity index is 1390. The molecule has 1 heterocycles. The van der Waals surface area contributed by atoms with Crippen LogP contribution in [-0.2, 0) is 21.2 Å². The number of ether oxygens (including phenoxy) is 2. The quantitative estimate of drug-likeness (QED) is 0.383. The molecule has 0 aliphatic heterocycles. The summed E-state index contributed by atoms with van der Waals surface area (Å²) < 4.78 is 37.0. The first-order valence-electron chi connectivity index (χ1n) is 10.1. The maximum Gasteiger partial charge on any atom is 0.323 e. The van der Waals surface area contributed by atoms with Crippen LogP contribution >= 0.6 is 0 Å². The lowest BCUT2D eigenvalue weighted by Crippen LogP contribution is -2.09. The zero-order valence-electron chi connectivity index (χ0n) is 17.5. The van der Waals surface area contributed by atoms with Crippen LogP contribution in [0.4, 0.5) is 0 Å². The molecular formula is C24H23NO6S. The van der Waals surface area contributed by atoms with E-state index in [9.17, 15) is 18.3 Å². The lowest BCUT2D eigenvalue weighted by Gasteiger charge is -2.11. The van der Waals surface area contributed by atoms with Crippen molar-refractivity contribution in [3.05, 3.63) is 66.7 Å². The highest BCUT2D eigenvalue weighted by atomic mass is 32.2. The van der Waals surface area contributed by atoms with Crippen molar-refractivity contribution >= 4 is 37.6 Å². The molecule has 166 valence electrons. The molecule has 0 amide bonds. The van der Waals surface area contributed by atoms with Crippen molar-refractivity contribution in [1.82, 2.24) is 4.57 Å². The number of carbonyl (C=O) groups is 1. The molecule has 0 fully saturated rings. The highest BCUT2D eigenvalue weighted by molar-refractivity contribution is 7.90. The van der Waals surface area contributed by atoms with Gasteiger partial charge in [0.2, 0.25) is 0 Å². The first kappa shape index (κ1) is 21.7. The topological polar surface area (TPSA) is 94.8 Å². The number of para-hydroxylation sites is 2. The van der Waals surface area contributed by atoms with Crippen molar-refractivity contribution in [1.29, 1.82) is 0 Å². The van der Waals surface area contributed by atoms with Gasteiger partial charge in [0.05, 0.1) is 18.7 Å². The summed E-state index contributed by atoms with van der Waals surface area (Å²) in [7, 11) is -3.36. The summed E-state index contributed by atoms with van der Waals surface area (Å²) in [5.41, 5.74) is 1.66. The summed E-state index contributed by atoms with van der Waals surface area (Å²) in [6, 6.07) is 19.9. The van der Waals surface area contributed by atoms with E-state index in [1.54, 1.807) is 22.8 Å². The van der Waals surface area contributed by atoms with Crippen molar-refractivity contribution in [2.24, 2.45) is 0 Å². The number of aromatic nitrogens is 1. The van der Waals surface area contributed by atoms with Gasteiger partial charge >= 0.3 is 5.97 Å². The molecule has 7 nitrogen and oxygen atoms in total. The fourth-order valence-corrected chi connectivity index (χ4v) is 4.55. The largest absolute Gasteiger partial charge is 0.493 e. The first-order chi connectivity index (χ1) is 15.3. The lowest BCUT2D eigenvalue weighted by atomic mass is 10.1. The number of sulfone groups is 1. The predicted molar refractivity (Wildman–Crippen MR) is 122 cm³/mol. The molecule has 0 atom stereocenters. The van der Waals surface area contributed by atoms with Crippen molar-refractivity contribution in [3.63, 3.8) is 0 Å². The SMILES string of the molecule is CS(=O)(=O)c1ccccc1OCCCOc1ccc2c3ccccc3n(CC(=O)O)c2c1. The number of nitrogens with zero attached hydrogens (tertiary/aromatic N) is 1. The van der Waals surface area contributed by atoms with Crippen molar-refractivity contribution in [2.75, 3.05) is 19.5 Å². The number of rotatable bonds is 9. The second-order valence-electron chi connectivity index (χ2n) is 7.45. The molecular weight excluding hydrogens is 430 g/mol. The van der Waals surface area contributed by atoms with Gasteiger partial charge in [0, 0.05) is 35.0 Å². The van der Waals surface area contributed by atoms with Crippen LogP contribution in [0.15, 0.2) is 71.6 Å². The molecule has 0 unspecified atom stereocenters. The number of carboxylic acids is 1.